The molecule has 3 rings (SSSR count). The lowest BCUT2D eigenvalue weighted by atomic mass is 10.1. The Morgan fingerprint density at radius 2 is 1.60 bits per heavy atom. The number of rotatable bonds is 7. The average Bonchev–Trinajstić information content (AvgIpc) is 2.73. The van der Waals surface area contributed by atoms with E-state index in [0.717, 1.165) is 5.56 Å². The molecule has 6 nitrogen and oxygen atoms in total. The number of halogens is 1. The van der Waals surface area contributed by atoms with Crippen molar-refractivity contribution in [3.05, 3.63) is 78.2 Å². The van der Waals surface area contributed by atoms with Gasteiger partial charge in [0.1, 0.15) is 29.1 Å². The Bertz CT molecular complexity index is 1030. The van der Waals surface area contributed by atoms with E-state index in [-0.39, 0.29) is 17.3 Å². The highest BCUT2D eigenvalue weighted by molar-refractivity contribution is 5.96. The van der Waals surface area contributed by atoms with Crippen LogP contribution in [0.1, 0.15) is 24.3 Å². The van der Waals surface area contributed by atoms with Crippen LogP contribution in [0.2, 0.25) is 0 Å². The molecule has 1 aromatic heterocycles. The van der Waals surface area contributed by atoms with Gasteiger partial charge < -0.3 is 15.2 Å². The van der Waals surface area contributed by atoms with Gasteiger partial charge in [-0.1, -0.05) is 6.07 Å². The zero-order valence-electron chi connectivity index (χ0n) is 16.5. The lowest BCUT2D eigenvalue weighted by Gasteiger charge is -2.18. The summed E-state index contributed by atoms with van der Waals surface area (Å²) >= 11 is 0. The normalized spacial score (nSPS) is 12.7. The second-order valence-corrected chi connectivity index (χ2v) is 6.79. The monoisotopic (exact) mass is 408 g/mol. The molecule has 0 spiro atoms. The predicted octanol–water partition coefficient (Wildman–Crippen LogP) is 3.75. The third-order valence-corrected chi connectivity index (χ3v) is 4.39. The Morgan fingerprint density at radius 3 is 2.17 bits per heavy atom. The van der Waals surface area contributed by atoms with Crippen molar-refractivity contribution in [1.82, 2.24) is 10.3 Å². The lowest BCUT2D eigenvalue weighted by molar-refractivity contribution is -0.121. The van der Waals surface area contributed by atoms with Crippen LogP contribution in [-0.2, 0) is 4.79 Å². The van der Waals surface area contributed by atoms with Gasteiger partial charge in [-0.15, -0.1) is 0 Å². The third kappa shape index (κ3) is 5.27. The number of benzene rings is 2. The maximum absolute atomic E-state index is 13.0. The molecule has 0 saturated heterocycles. The second kappa shape index (κ2) is 9.28. The van der Waals surface area contributed by atoms with Crippen molar-refractivity contribution >= 4 is 11.7 Å². The fourth-order valence-corrected chi connectivity index (χ4v) is 2.83. The van der Waals surface area contributed by atoms with Crippen molar-refractivity contribution in [3.63, 3.8) is 0 Å². The molecular weight excluding hydrogens is 387 g/mol. The Morgan fingerprint density at radius 1 is 1.00 bits per heavy atom. The topological polar surface area (TPSA) is 88.5 Å². The highest BCUT2D eigenvalue weighted by Crippen LogP contribution is 2.25. The number of pyridine rings is 1. The quantitative estimate of drug-likeness (QED) is 0.622. The van der Waals surface area contributed by atoms with Gasteiger partial charge in [0, 0.05) is 5.56 Å². The molecule has 0 bridgehead atoms. The van der Waals surface area contributed by atoms with E-state index in [1.807, 2.05) is 0 Å². The van der Waals surface area contributed by atoms with Crippen molar-refractivity contribution in [3.8, 4) is 22.8 Å². The van der Waals surface area contributed by atoms with Gasteiger partial charge in [-0.2, -0.15) is 0 Å². The number of nitrogens with zero attached hydrogens (tertiary/aromatic N) is 1. The van der Waals surface area contributed by atoms with Crippen molar-refractivity contribution in [2.75, 3.05) is 0 Å². The number of carbonyl (C=O) groups is 2. The van der Waals surface area contributed by atoms with E-state index in [9.17, 15) is 19.1 Å². The van der Waals surface area contributed by atoms with Crippen LogP contribution >= 0.6 is 0 Å². The molecule has 0 fully saturated rings. The minimum Gasteiger partial charge on any atom is -0.457 e. The van der Waals surface area contributed by atoms with Crippen LogP contribution in [0.15, 0.2) is 66.7 Å². The number of nitrogens with one attached hydrogen (secondary N) is 1. The minimum atomic E-state index is -1.01. The largest absolute Gasteiger partial charge is 0.457 e. The summed E-state index contributed by atoms with van der Waals surface area (Å²) in [5, 5.41) is 12.2. The van der Waals surface area contributed by atoms with E-state index in [0.29, 0.717) is 17.2 Å². The van der Waals surface area contributed by atoms with Crippen LogP contribution in [0.4, 0.5) is 4.39 Å². The molecule has 0 aliphatic carbocycles. The molecule has 1 amide bonds. The fourth-order valence-electron chi connectivity index (χ4n) is 2.83. The summed E-state index contributed by atoms with van der Waals surface area (Å²) < 4.78 is 18.7. The third-order valence-electron chi connectivity index (χ3n) is 4.39. The van der Waals surface area contributed by atoms with E-state index in [1.54, 1.807) is 36.4 Å². The van der Waals surface area contributed by atoms with E-state index in [1.165, 1.54) is 44.2 Å². The number of hydrogen-bond acceptors (Lipinski definition) is 5. The highest BCUT2D eigenvalue weighted by atomic mass is 19.1. The molecule has 1 unspecified atom stereocenters. The van der Waals surface area contributed by atoms with Crippen molar-refractivity contribution in [2.24, 2.45) is 0 Å². The number of hydrogen-bond donors (Lipinski definition) is 2. The molecule has 0 aliphatic rings. The Hall–Kier alpha value is -3.58. The van der Waals surface area contributed by atoms with E-state index in [2.05, 4.69) is 10.3 Å². The van der Waals surface area contributed by atoms with Gasteiger partial charge in [0.25, 0.3) is 5.91 Å². The number of aliphatic hydroxyl groups excluding tert-OH is 1. The number of carbonyl (C=O) groups excluding carboxylic acids is 2. The summed E-state index contributed by atoms with van der Waals surface area (Å²) in [6.07, 6.45) is -1.01. The number of aliphatic hydroxyl groups is 1. The molecule has 154 valence electrons. The summed E-state index contributed by atoms with van der Waals surface area (Å²) in [5.41, 5.74) is 1.45. The molecule has 0 radical (unpaired) electrons. The maximum Gasteiger partial charge on any atom is 0.270 e. The molecule has 2 N–H and O–H groups in total. The fraction of sp³-hybridized carbons (Fsp3) is 0.174. The molecule has 3 aromatic rings. The average molecular weight is 408 g/mol. The van der Waals surface area contributed by atoms with Gasteiger partial charge in [-0.05, 0) is 74.5 Å². The molecular formula is C23H21FN2O4. The highest BCUT2D eigenvalue weighted by Gasteiger charge is 2.23. The first kappa shape index (κ1) is 21.1. The summed E-state index contributed by atoms with van der Waals surface area (Å²) in [6.45, 7) is 2.74. The Balaban J connectivity index is 1.74. The van der Waals surface area contributed by atoms with Gasteiger partial charge in [0.05, 0.1) is 11.8 Å². The van der Waals surface area contributed by atoms with Gasteiger partial charge in [0.2, 0.25) is 0 Å². The Labute approximate surface area is 173 Å². The first-order valence-corrected chi connectivity index (χ1v) is 9.34. The minimum absolute atomic E-state index is 0.131. The maximum atomic E-state index is 13.0. The summed E-state index contributed by atoms with van der Waals surface area (Å²) in [6, 6.07) is 16.7. The van der Waals surface area contributed by atoms with Crippen LogP contribution in [0.5, 0.6) is 11.5 Å². The van der Waals surface area contributed by atoms with Gasteiger partial charge in [-0.25, -0.2) is 9.37 Å². The van der Waals surface area contributed by atoms with Crippen LogP contribution < -0.4 is 10.1 Å². The van der Waals surface area contributed by atoms with E-state index < -0.39 is 18.1 Å². The van der Waals surface area contributed by atoms with Crippen LogP contribution in [-0.4, -0.2) is 33.9 Å². The van der Waals surface area contributed by atoms with Gasteiger partial charge in [-0.3, -0.25) is 9.59 Å². The number of aromatic nitrogens is 1. The zero-order valence-corrected chi connectivity index (χ0v) is 16.5. The zero-order chi connectivity index (χ0) is 21.7. The first-order chi connectivity index (χ1) is 14.3. The van der Waals surface area contributed by atoms with Gasteiger partial charge in [0.15, 0.2) is 5.78 Å². The first-order valence-electron chi connectivity index (χ1n) is 9.34. The standard InChI is InChI=1S/C23H21FN2O4/c1-14(27)22(15(2)28)26-23(29)21-5-3-4-20(25-21)16-6-10-18(11-7-16)30-19-12-8-17(24)9-13-19/h3-14,22,27H,1-2H3,(H,26,29)/t14?,22-/m0/s1. The van der Waals surface area contributed by atoms with E-state index in [4.69, 9.17) is 4.74 Å². The van der Waals surface area contributed by atoms with Crippen LogP contribution in [0, 0.1) is 5.82 Å². The molecule has 30 heavy (non-hydrogen) atoms. The molecule has 0 saturated carbocycles. The summed E-state index contributed by atoms with van der Waals surface area (Å²) in [5.74, 6) is -0.143. The number of ketones is 1. The van der Waals surface area contributed by atoms with Crippen molar-refractivity contribution < 1.29 is 23.8 Å². The summed E-state index contributed by atoms with van der Waals surface area (Å²) in [7, 11) is 0. The lowest BCUT2D eigenvalue weighted by Crippen LogP contribution is -2.46. The molecule has 2 atom stereocenters. The number of amides is 1. The molecule has 7 heteroatoms. The van der Waals surface area contributed by atoms with Gasteiger partial charge >= 0.3 is 0 Å². The summed E-state index contributed by atoms with van der Waals surface area (Å²) in [4.78, 5) is 28.4. The molecule has 0 aliphatic heterocycles. The number of ether oxygens (including phenoxy) is 1. The van der Waals surface area contributed by atoms with E-state index >= 15 is 0 Å². The predicted molar refractivity (Wildman–Crippen MR) is 110 cm³/mol. The smallest absolute Gasteiger partial charge is 0.270 e. The SMILES string of the molecule is CC(=O)[C@@H](NC(=O)c1cccc(-c2ccc(Oc3ccc(F)cc3)cc2)n1)C(C)O. The molecule has 1 heterocycles. The van der Waals surface area contributed by atoms with Crippen molar-refractivity contribution in [1.29, 1.82) is 0 Å². The Kier molecular flexibility index (Phi) is 6.54. The van der Waals surface area contributed by atoms with Crippen LogP contribution in [0.3, 0.4) is 0 Å². The number of Topliss-reactive ketones (excluding diaryl/α,β-unsaturated/α-hetero) is 1. The van der Waals surface area contributed by atoms with Crippen molar-refractivity contribution in [2.45, 2.75) is 26.0 Å². The molecule has 2 aromatic carbocycles. The van der Waals surface area contributed by atoms with Crippen LogP contribution in [0.25, 0.3) is 11.3 Å². The second-order valence-electron chi connectivity index (χ2n) is 6.79.